The summed E-state index contributed by atoms with van der Waals surface area (Å²) in [4.78, 5) is 8.60. The second-order valence-electron chi connectivity index (χ2n) is 4.29. The summed E-state index contributed by atoms with van der Waals surface area (Å²) in [7, 11) is 0. The minimum atomic E-state index is 0.609. The highest BCUT2D eigenvalue weighted by molar-refractivity contribution is 5.45. The number of aromatic nitrogens is 4. The maximum atomic E-state index is 5.30. The predicted octanol–water partition coefficient (Wildman–Crippen LogP) is 2.28. The highest BCUT2D eigenvalue weighted by atomic mass is 16.3. The van der Waals surface area contributed by atoms with E-state index in [0.29, 0.717) is 12.3 Å². The Kier molecular flexibility index (Phi) is 3.14. The highest BCUT2D eigenvalue weighted by Gasteiger charge is 2.07. The van der Waals surface area contributed by atoms with E-state index in [2.05, 4.69) is 27.3 Å². The van der Waals surface area contributed by atoms with Crippen molar-refractivity contribution in [2.24, 2.45) is 0 Å². The number of furan rings is 1. The molecule has 0 radical (unpaired) electrons. The van der Waals surface area contributed by atoms with E-state index in [9.17, 15) is 0 Å². The summed E-state index contributed by atoms with van der Waals surface area (Å²) in [6.07, 6.45) is 5.15. The van der Waals surface area contributed by atoms with Crippen LogP contribution in [0.15, 0.2) is 35.2 Å². The van der Waals surface area contributed by atoms with E-state index in [1.807, 2.05) is 18.2 Å². The van der Waals surface area contributed by atoms with E-state index in [1.54, 1.807) is 10.8 Å². The number of nitrogens with one attached hydrogen (secondary N) is 1. The minimum Gasteiger partial charge on any atom is -0.467 e. The Bertz CT molecular complexity index is 659. The quantitative estimate of drug-likeness (QED) is 0.759. The first kappa shape index (κ1) is 11.7. The molecule has 0 amide bonds. The molecule has 0 aliphatic rings. The Labute approximate surface area is 110 Å². The lowest BCUT2D eigenvalue weighted by Gasteiger charge is -2.08. The second-order valence-corrected chi connectivity index (χ2v) is 4.29. The average Bonchev–Trinajstić information content (AvgIpc) is 3.07. The monoisotopic (exact) mass is 257 g/mol. The van der Waals surface area contributed by atoms with Crippen molar-refractivity contribution in [1.29, 1.82) is 0 Å². The van der Waals surface area contributed by atoms with Gasteiger partial charge in [-0.3, -0.25) is 0 Å². The molecule has 0 fully saturated rings. The summed E-state index contributed by atoms with van der Waals surface area (Å²) in [6, 6.07) is 5.81. The fourth-order valence-electron chi connectivity index (χ4n) is 1.96. The van der Waals surface area contributed by atoms with Gasteiger partial charge < -0.3 is 9.73 Å². The molecule has 6 nitrogen and oxygen atoms in total. The van der Waals surface area contributed by atoms with Gasteiger partial charge in [0.25, 0.3) is 5.78 Å². The van der Waals surface area contributed by atoms with Gasteiger partial charge in [-0.05, 0) is 18.6 Å². The first-order chi connectivity index (χ1) is 9.36. The van der Waals surface area contributed by atoms with Crippen molar-refractivity contribution < 1.29 is 4.42 Å². The average molecular weight is 257 g/mol. The number of aryl methyl sites for hydroxylation is 1. The van der Waals surface area contributed by atoms with E-state index >= 15 is 0 Å². The molecule has 19 heavy (non-hydrogen) atoms. The first-order valence-corrected chi connectivity index (χ1v) is 6.32. The van der Waals surface area contributed by atoms with Gasteiger partial charge in [-0.2, -0.15) is 14.6 Å². The zero-order valence-corrected chi connectivity index (χ0v) is 10.7. The normalized spacial score (nSPS) is 11.0. The van der Waals surface area contributed by atoms with Gasteiger partial charge in [0.2, 0.25) is 0 Å². The summed E-state index contributed by atoms with van der Waals surface area (Å²) in [5, 5.41) is 7.47. The summed E-state index contributed by atoms with van der Waals surface area (Å²) >= 11 is 0. The van der Waals surface area contributed by atoms with Crippen LogP contribution < -0.4 is 5.32 Å². The van der Waals surface area contributed by atoms with Crippen molar-refractivity contribution >= 4 is 11.6 Å². The number of anilines is 1. The maximum absolute atomic E-state index is 5.30. The molecule has 6 heteroatoms. The van der Waals surface area contributed by atoms with Crippen LogP contribution in [0.4, 0.5) is 5.82 Å². The molecule has 98 valence electrons. The Balaban J connectivity index is 1.89. The standard InChI is InChI=1S/C13H15N5O/c1-2-4-10-7-12(14-8-11-5-3-6-19-11)18-13(17-10)15-9-16-18/h3,5-7,9,14H,2,4,8H2,1H3. The van der Waals surface area contributed by atoms with E-state index < -0.39 is 0 Å². The van der Waals surface area contributed by atoms with Crippen LogP contribution in [0.25, 0.3) is 5.78 Å². The third-order valence-electron chi connectivity index (χ3n) is 2.83. The molecule has 3 aromatic rings. The van der Waals surface area contributed by atoms with Crippen LogP contribution in [0.1, 0.15) is 24.8 Å². The predicted molar refractivity (Wildman–Crippen MR) is 70.8 cm³/mol. The topological polar surface area (TPSA) is 68.2 Å². The van der Waals surface area contributed by atoms with Gasteiger partial charge in [0, 0.05) is 11.8 Å². The van der Waals surface area contributed by atoms with Gasteiger partial charge in [-0.1, -0.05) is 13.3 Å². The molecule has 0 aromatic carbocycles. The van der Waals surface area contributed by atoms with Crippen LogP contribution in [0.2, 0.25) is 0 Å². The van der Waals surface area contributed by atoms with Gasteiger partial charge in [-0.15, -0.1) is 0 Å². The van der Waals surface area contributed by atoms with Gasteiger partial charge in [0.15, 0.2) is 0 Å². The van der Waals surface area contributed by atoms with E-state index in [1.165, 1.54) is 6.33 Å². The molecule has 0 aliphatic heterocycles. The van der Waals surface area contributed by atoms with Crippen molar-refractivity contribution in [2.45, 2.75) is 26.3 Å². The summed E-state index contributed by atoms with van der Waals surface area (Å²) in [5.41, 5.74) is 1.02. The molecular formula is C13H15N5O. The summed E-state index contributed by atoms with van der Waals surface area (Å²) < 4.78 is 7.00. The Morgan fingerprint density at radius 2 is 2.37 bits per heavy atom. The van der Waals surface area contributed by atoms with Crippen LogP contribution in [0.5, 0.6) is 0 Å². The lowest BCUT2D eigenvalue weighted by atomic mass is 10.2. The largest absolute Gasteiger partial charge is 0.467 e. The molecular weight excluding hydrogens is 242 g/mol. The van der Waals surface area contributed by atoms with Crippen molar-refractivity contribution in [1.82, 2.24) is 19.6 Å². The van der Waals surface area contributed by atoms with Crippen LogP contribution in [-0.4, -0.2) is 19.6 Å². The summed E-state index contributed by atoms with van der Waals surface area (Å²) in [6.45, 7) is 2.74. The zero-order chi connectivity index (χ0) is 13.1. The minimum absolute atomic E-state index is 0.609. The zero-order valence-electron chi connectivity index (χ0n) is 10.7. The van der Waals surface area contributed by atoms with Crippen LogP contribution in [-0.2, 0) is 13.0 Å². The molecule has 1 N–H and O–H groups in total. The maximum Gasteiger partial charge on any atom is 0.254 e. The number of nitrogens with zero attached hydrogens (tertiary/aromatic N) is 4. The molecule has 0 saturated carbocycles. The van der Waals surface area contributed by atoms with E-state index in [4.69, 9.17) is 4.42 Å². The first-order valence-electron chi connectivity index (χ1n) is 6.32. The van der Waals surface area contributed by atoms with Crippen molar-refractivity contribution in [3.63, 3.8) is 0 Å². The van der Waals surface area contributed by atoms with Gasteiger partial charge in [0.1, 0.15) is 17.9 Å². The smallest absolute Gasteiger partial charge is 0.254 e. The molecule has 0 atom stereocenters. The molecule has 3 heterocycles. The summed E-state index contributed by atoms with van der Waals surface area (Å²) in [5.74, 6) is 2.37. The van der Waals surface area contributed by atoms with E-state index in [-0.39, 0.29) is 0 Å². The fraction of sp³-hybridized carbons (Fsp3) is 0.308. The second kappa shape index (κ2) is 5.09. The van der Waals surface area contributed by atoms with Crippen LogP contribution in [0, 0.1) is 0 Å². The van der Waals surface area contributed by atoms with E-state index in [0.717, 1.165) is 30.1 Å². The fourth-order valence-corrected chi connectivity index (χ4v) is 1.96. The third-order valence-corrected chi connectivity index (χ3v) is 2.83. The molecule has 0 spiro atoms. The highest BCUT2D eigenvalue weighted by Crippen LogP contribution is 2.13. The van der Waals surface area contributed by atoms with Crippen molar-refractivity contribution in [2.75, 3.05) is 5.32 Å². The number of fused-ring (bicyclic) bond motifs is 1. The Morgan fingerprint density at radius 3 is 3.16 bits per heavy atom. The SMILES string of the molecule is CCCc1cc(NCc2ccco2)n2ncnc2n1. The van der Waals surface area contributed by atoms with Gasteiger partial charge in [-0.25, -0.2) is 4.98 Å². The molecule has 3 aromatic heterocycles. The molecule has 0 saturated heterocycles. The van der Waals surface area contributed by atoms with Gasteiger partial charge >= 0.3 is 0 Å². The van der Waals surface area contributed by atoms with Crippen LogP contribution in [0.3, 0.4) is 0 Å². The lowest BCUT2D eigenvalue weighted by Crippen LogP contribution is -2.07. The number of hydrogen-bond acceptors (Lipinski definition) is 5. The molecule has 3 rings (SSSR count). The van der Waals surface area contributed by atoms with Gasteiger partial charge in [0.05, 0.1) is 12.8 Å². The Morgan fingerprint density at radius 1 is 1.42 bits per heavy atom. The number of hydrogen-bond donors (Lipinski definition) is 1. The third kappa shape index (κ3) is 2.42. The molecule has 0 aliphatic carbocycles. The lowest BCUT2D eigenvalue weighted by molar-refractivity contribution is 0.517. The molecule has 0 unspecified atom stereocenters. The molecule has 0 bridgehead atoms. The number of rotatable bonds is 5. The van der Waals surface area contributed by atoms with Crippen molar-refractivity contribution in [3.8, 4) is 0 Å². The van der Waals surface area contributed by atoms with Crippen LogP contribution >= 0.6 is 0 Å². The Hall–Kier alpha value is -2.37. The van der Waals surface area contributed by atoms with Crippen molar-refractivity contribution in [3.05, 3.63) is 42.2 Å².